The Balaban J connectivity index is 0.000000117. The van der Waals surface area contributed by atoms with Crippen LogP contribution in [-0.2, 0) is 4.74 Å². The first kappa shape index (κ1) is 41.8. The lowest BCUT2D eigenvalue weighted by atomic mass is 9.33. The van der Waals surface area contributed by atoms with E-state index in [-0.39, 0.29) is 0 Å². The number of methoxy groups -OCH3 is 1. The molecule has 12 aliphatic carbocycles. The van der Waals surface area contributed by atoms with E-state index in [4.69, 9.17) is 0 Å². The molecule has 12 saturated carbocycles. The van der Waals surface area contributed by atoms with Crippen molar-refractivity contribution in [3.8, 4) is 0 Å². The Kier molecular flexibility index (Phi) is 13.3. The van der Waals surface area contributed by atoms with Gasteiger partial charge < -0.3 is 4.74 Å². The van der Waals surface area contributed by atoms with Gasteiger partial charge in [0.15, 0.2) is 0 Å². The highest BCUT2D eigenvalue weighted by molar-refractivity contribution is 5.23. The topological polar surface area (TPSA) is 9.23 Å². The Bertz CT molecular complexity index is 1430. The maximum atomic E-state index is 4.25. The van der Waals surface area contributed by atoms with E-state index in [0.717, 1.165) is 69.5 Å². The number of benzene rings is 3. The molecule has 0 N–H and O–H groups in total. The largest absolute Gasteiger partial charge is 0.388 e. The lowest BCUT2D eigenvalue weighted by molar-refractivity contribution is -0.217. The number of rotatable bonds is 1. The molecule has 306 valence electrons. The molecule has 12 aliphatic rings. The van der Waals surface area contributed by atoms with Gasteiger partial charge in [-0.3, -0.25) is 0 Å². The van der Waals surface area contributed by atoms with Crippen molar-refractivity contribution in [1.29, 1.82) is 0 Å². The molecular weight excluding hydrogens is 677 g/mol. The van der Waals surface area contributed by atoms with Gasteiger partial charge in [0, 0.05) is 14.2 Å². The third kappa shape index (κ3) is 9.40. The van der Waals surface area contributed by atoms with Crippen molar-refractivity contribution in [3.05, 3.63) is 108 Å². The Morgan fingerprint density at radius 2 is 0.696 bits per heavy atom. The molecule has 12 fully saturated rings. The fraction of sp³-hybridized carbons (Fsp3) is 0.673. The van der Waals surface area contributed by atoms with Gasteiger partial charge >= 0.3 is 0 Å². The van der Waals surface area contributed by atoms with E-state index in [1.165, 1.54) is 11.1 Å². The smallest absolute Gasteiger partial charge is 0.0351 e. The van der Waals surface area contributed by atoms with Crippen LogP contribution in [0.15, 0.2) is 97.1 Å². The van der Waals surface area contributed by atoms with Gasteiger partial charge in [0.25, 0.3) is 0 Å². The van der Waals surface area contributed by atoms with Crippen LogP contribution in [0.1, 0.15) is 141 Å². The van der Waals surface area contributed by atoms with E-state index in [9.17, 15) is 0 Å². The monoisotopic (exact) mass is 757 g/mol. The van der Waals surface area contributed by atoms with Crippen molar-refractivity contribution in [2.75, 3.05) is 14.2 Å². The number of ether oxygens (including phenoxy) is 1. The van der Waals surface area contributed by atoms with Crippen LogP contribution in [0.2, 0.25) is 0 Å². The Labute approximate surface area is 344 Å². The average molecular weight is 757 g/mol. The molecule has 0 spiro atoms. The minimum Gasteiger partial charge on any atom is -0.388 e. The quantitative estimate of drug-likeness (QED) is 0.240. The number of aryl methyl sites for hydroxylation is 2. The number of hydrogen-bond acceptors (Lipinski definition) is 1. The van der Waals surface area contributed by atoms with E-state index in [2.05, 4.69) is 63.6 Å². The first-order valence-corrected chi connectivity index (χ1v) is 23.4. The average Bonchev–Trinajstić information content (AvgIpc) is 3.16. The van der Waals surface area contributed by atoms with Gasteiger partial charge in [0.1, 0.15) is 0 Å². The van der Waals surface area contributed by atoms with Crippen molar-refractivity contribution in [1.82, 2.24) is 0 Å². The standard InChI is InChI=1S/C21H32.C12H20.C8H10.2C6H6.C2H6O/c1-19-6-17-5-18(7-19)12-21(11-17,13-19)20-8-14-2-15(9-20)4-16(3-14)10-20;1-12(2)10-4-8-3-9(6-10)7-11(12)5-8;1-7-5-3-4-6-8(7)2;2*1-2-4-6-5-3-1;1-3-2/h14-18H,2-13H2,1H3;8-11H,3-7H2,1-2H3;3-6H,1-2H3;2*1-6H;1-2H3. The van der Waals surface area contributed by atoms with Crippen LogP contribution >= 0.6 is 0 Å². The van der Waals surface area contributed by atoms with E-state index in [0.29, 0.717) is 5.41 Å². The molecule has 2 atom stereocenters. The van der Waals surface area contributed by atoms with Gasteiger partial charge in [-0.1, -0.05) is 118 Å². The van der Waals surface area contributed by atoms with Gasteiger partial charge in [-0.25, -0.2) is 0 Å². The maximum Gasteiger partial charge on any atom is 0.0351 e. The highest BCUT2D eigenvalue weighted by atomic mass is 16.4. The summed E-state index contributed by atoms with van der Waals surface area (Å²) >= 11 is 0. The molecule has 12 bridgehead atoms. The molecule has 1 nitrogen and oxygen atoms in total. The molecule has 0 aromatic heterocycles. The lowest BCUT2D eigenvalue weighted by Crippen LogP contribution is -2.62. The highest BCUT2D eigenvalue weighted by Gasteiger charge is 2.66. The van der Waals surface area contributed by atoms with Gasteiger partial charge in [0.2, 0.25) is 0 Å². The maximum absolute atomic E-state index is 4.25. The molecule has 3 aromatic carbocycles. The van der Waals surface area contributed by atoms with Crippen LogP contribution in [0, 0.1) is 88.8 Å². The zero-order chi connectivity index (χ0) is 39.4. The van der Waals surface area contributed by atoms with Gasteiger partial charge in [-0.15, -0.1) is 0 Å². The van der Waals surface area contributed by atoms with Crippen molar-refractivity contribution in [2.24, 2.45) is 74.9 Å². The second-order valence-corrected chi connectivity index (χ2v) is 22.2. The van der Waals surface area contributed by atoms with E-state index >= 15 is 0 Å². The SMILES string of the molecule is CC1(C)C2CC3CC(C2)CC1C3.CC12CC3CC(C1)CC(C14CC5CC(CC(C5)C1)C4)(C3)C2.COC.Cc1ccccc1C.c1ccccc1.c1ccccc1. The van der Waals surface area contributed by atoms with Crippen LogP contribution in [0.5, 0.6) is 0 Å². The van der Waals surface area contributed by atoms with Gasteiger partial charge in [0.05, 0.1) is 0 Å². The molecule has 0 saturated heterocycles. The summed E-state index contributed by atoms with van der Waals surface area (Å²) in [4.78, 5) is 0. The van der Waals surface area contributed by atoms with E-state index in [1.54, 1.807) is 123 Å². The summed E-state index contributed by atoms with van der Waals surface area (Å²) in [5, 5.41) is 0. The third-order valence-corrected chi connectivity index (χ3v) is 17.5. The molecule has 2 unspecified atom stereocenters. The predicted octanol–water partition coefficient (Wildman–Crippen LogP) is 15.2. The zero-order valence-corrected chi connectivity index (χ0v) is 36.9. The molecule has 1 heteroatoms. The van der Waals surface area contributed by atoms with E-state index < -0.39 is 0 Å². The fourth-order valence-corrected chi connectivity index (χ4v) is 15.9. The van der Waals surface area contributed by atoms with E-state index in [1.807, 2.05) is 72.8 Å². The van der Waals surface area contributed by atoms with Crippen molar-refractivity contribution in [2.45, 2.75) is 144 Å². The highest BCUT2D eigenvalue weighted by Crippen LogP contribution is 2.76. The molecule has 56 heavy (non-hydrogen) atoms. The summed E-state index contributed by atoms with van der Waals surface area (Å²) < 4.78 is 4.25. The summed E-state index contributed by atoms with van der Waals surface area (Å²) in [7, 11) is 3.25. The zero-order valence-electron chi connectivity index (χ0n) is 36.9. The van der Waals surface area contributed by atoms with Gasteiger partial charge in [-0.2, -0.15) is 0 Å². The van der Waals surface area contributed by atoms with Crippen molar-refractivity contribution < 1.29 is 4.74 Å². The molecule has 15 rings (SSSR count). The summed E-state index contributed by atoms with van der Waals surface area (Å²) in [6.07, 6.45) is 27.5. The lowest BCUT2D eigenvalue weighted by Gasteiger charge is -2.72. The van der Waals surface area contributed by atoms with Crippen LogP contribution in [-0.4, -0.2) is 14.2 Å². The van der Waals surface area contributed by atoms with Crippen LogP contribution in [0.25, 0.3) is 0 Å². The first-order chi connectivity index (χ1) is 26.9. The van der Waals surface area contributed by atoms with Crippen LogP contribution in [0.3, 0.4) is 0 Å². The van der Waals surface area contributed by atoms with Crippen molar-refractivity contribution in [3.63, 3.8) is 0 Å². The summed E-state index contributed by atoms with van der Waals surface area (Å²) in [6.45, 7) is 12.0. The first-order valence-electron chi connectivity index (χ1n) is 23.4. The van der Waals surface area contributed by atoms with Crippen molar-refractivity contribution >= 4 is 0 Å². The summed E-state index contributed by atoms with van der Waals surface area (Å²) in [5.41, 5.74) is 5.85. The van der Waals surface area contributed by atoms with Crippen LogP contribution in [0.4, 0.5) is 0 Å². The molecule has 0 radical (unpaired) electrons. The molecule has 0 heterocycles. The molecular formula is C55H80O. The second kappa shape index (κ2) is 17.9. The summed E-state index contributed by atoms with van der Waals surface area (Å²) in [5.74, 6) is 10.2. The Morgan fingerprint density at radius 1 is 0.393 bits per heavy atom. The number of hydrogen-bond donors (Lipinski definition) is 0. The fourth-order valence-electron chi connectivity index (χ4n) is 15.9. The Hall–Kier alpha value is -2.38. The third-order valence-electron chi connectivity index (χ3n) is 17.5. The molecule has 0 amide bonds. The minimum atomic E-state index is 0.702. The van der Waals surface area contributed by atoms with Crippen LogP contribution < -0.4 is 0 Å². The van der Waals surface area contributed by atoms with Gasteiger partial charge in [-0.05, 0) is 209 Å². The second-order valence-electron chi connectivity index (χ2n) is 22.2. The predicted molar refractivity (Wildman–Crippen MR) is 238 cm³/mol. The normalized spacial score (nSPS) is 40.2. The molecule has 3 aromatic rings. The Morgan fingerprint density at radius 3 is 1.02 bits per heavy atom. The molecule has 0 aliphatic heterocycles. The minimum absolute atomic E-state index is 0.702. The summed E-state index contributed by atoms with van der Waals surface area (Å²) in [6, 6.07) is 32.4.